The molecule has 21 heavy (non-hydrogen) atoms. The van der Waals surface area contributed by atoms with E-state index in [0.717, 1.165) is 11.1 Å². The van der Waals surface area contributed by atoms with Crippen LogP contribution in [-0.4, -0.2) is 10.2 Å². The number of hydrogen-bond donors (Lipinski definition) is 2. The highest BCUT2D eigenvalue weighted by Gasteiger charge is 2.45. The van der Waals surface area contributed by atoms with Gasteiger partial charge in [-0.05, 0) is 24.1 Å². The highest BCUT2D eigenvalue weighted by molar-refractivity contribution is 6.30. The Morgan fingerprint density at radius 1 is 1.52 bits per heavy atom. The molecule has 1 aromatic heterocycles. The first-order valence-corrected chi connectivity index (χ1v) is 6.89. The first-order valence-electron chi connectivity index (χ1n) is 6.51. The summed E-state index contributed by atoms with van der Waals surface area (Å²) in [6, 6.07) is 9.62. The van der Waals surface area contributed by atoms with Crippen molar-refractivity contribution >= 4 is 11.6 Å². The summed E-state index contributed by atoms with van der Waals surface area (Å²) < 4.78 is 5.47. The second-order valence-corrected chi connectivity index (χ2v) is 5.27. The van der Waals surface area contributed by atoms with Crippen LogP contribution in [-0.2, 0) is 5.41 Å². The third-order valence-electron chi connectivity index (χ3n) is 3.91. The average molecular weight is 301 g/mol. The molecule has 0 saturated heterocycles. The zero-order chi connectivity index (χ0) is 15.0. The number of rotatable bonds is 2. The second-order valence-electron chi connectivity index (χ2n) is 4.84. The van der Waals surface area contributed by atoms with Gasteiger partial charge in [0.2, 0.25) is 11.8 Å². The van der Waals surface area contributed by atoms with Crippen LogP contribution in [0.2, 0.25) is 5.02 Å². The van der Waals surface area contributed by atoms with Crippen LogP contribution in [0.25, 0.3) is 0 Å². The summed E-state index contributed by atoms with van der Waals surface area (Å²) >= 11 is 6.13. The summed E-state index contributed by atoms with van der Waals surface area (Å²) in [5.41, 5.74) is 7.30. The molecule has 6 heteroatoms. The monoisotopic (exact) mass is 300 g/mol. The number of hydrogen-bond acceptors (Lipinski definition) is 4. The maximum atomic E-state index is 9.59. The van der Waals surface area contributed by atoms with Gasteiger partial charge in [-0.2, -0.15) is 10.4 Å². The number of nitriles is 1. The molecule has 2 aromatic rings. The molecule has 0 radical (unpaired) electrons. The Morgan fingerprint density at radius 3 is 3.00 bits per heavy atom. The van der Waals surface area contributed by atoms with E-state index >= 15 is 0 Å². The summed E-state index contributed by atoms with van der Waals surface area (Å²) in [5.74, 6) is 0.560. The molecule has 106 valence electrons. The Labute approximate surface area is 127 Å². The molecule has 0 saturated carbocycles. The highest BCUT2D eigenvalue weighted by atomic mass is 35.5. The minimum Gasteiger partial charge on any atom is -0.422 e. The lowest BCUT2D eigenvalue weighted by Crippen LogP contribution is -2.35. The van der Waals surface area contributed by atoms with E-state index in [-0.39, 0.29) is 5.88 Å². The average Bonchev–Trinajstić information content (AvgIpc) is 2.94. The molecule has 1 atom stereocenters. The van der Waals surface area contributed by atoms with Crippen molar-refractivity contribution in [1.29, 1.82) is 5.26 Å². The fourth-order valence-electron chi connectivity index (χ4n) is 2.94. The van der Waals surface area contributed by atoms with E-state index < -0.39 is 5.41 Å². The number of fused-ring (bicyclic) bond motifs is 1. The van der Waals surface area contributed by atoms with Crippen LogP contribution in [0.5, 0.6) is 5.88 Å². The fourth-order valence-corrected chi connectivity index (χ4v) is 3.13. The van der Waals surface area contributed by atoms with Gasteiger partial charge in [0.05, 0.1) is 17.2 Å². The molecule has 0 spiro atoms. The molecule has 1 aliphatic heterocycles. The van der Waals surface area contributed by atoms with Gasteiger partial charge in [0.15, 0.2) is 0 Å². The number of nitrogens with zero attached hydrogens (tertiary/aromatic N) is 2. The largest absolute Gasteiger partial charge is 0.422 e. The minimum atomic E-state index is -0.704. The third-order valence-corrected chi connectivity index (χ3v) is 4.14. The van der Waals surface area contributed by atoms with Crippen molar-refractivity contribution < 1.29 is 4.74 Å². The number of halogens is 1. The molecular weight excluding hydrogens is 288 g/mol. The fraction of sp³-hybridized carbons (Fsp3) is 0.200. The molecule has 0 fully saturated rings. The Hall–Kier alpha value is -2.45. The van der Waals surface area contributed by atoms with Gasteiger partial charge in [0, 0.05) is 5.02 Å². The highest BCUT2D eigenvalue weighted by Crippen LogP contribution is 2.48. The SMILES string of the molecule is CC[C@]1(c2cccc(Cl)c2)C(C#N)=C(N)Oc2[nH]ncc21. The van der Waals surface area contributed by atoms with Crippen molar-refractivity contribution in [1.82, 2.24) is 10.2 Å². The van der Waals surface area contributed by atoms with Crippen LogP contribution >= 0.6 is 11.6 Å². The molecule has 1 aliphatic rings. The normalized spacial score (nSPS) is 20.6. The molecule has 3 N–H and O–H groups in total. The van der Waals surface area contributed by atoms with Crippen molar-refractivity contribution in [3.05, 3.63) is 58.1 Å². The topological polar surface area (TPSA) is 87.7 Å². The summed E-state index contributed by atoms with van der Waals surface area (Å²) in [5, 5.41) is 17.0. The predicted octanol–water partition coefficient (Wildman–Crippen LogP) is 2.85. The summed E-state index contributed by atoms with van der Waals surface area (Å²) in [4.78, 5) is 0. The summed E-state index contributed by atoms with van der Waals surface area (Å²) in [6.07, 6.45) is 2.30. The van der Waals surface area contributed by atoms with Gasteiger partial charge in [-0.25, -0.2) is 5.10 Å². The van der Waals surface area contributed by atoms with Gasteiger partial charge in [-0.1, -0.05) is 30.7 Å². The van der Waals surface area contributed by atoms with E-state index in [1.165, 1.54) is 0 Å². The molecule has 1 aromatic carbocycles. The molecule has 3 rings (SSSR count). The molecule has 0 unspecified atom stereocenters. The molecule has 5 nitrogen and oxygen atoms in total. The van der Waals surface area contributed by atoms with Crippen molar-refractivity contribution in [2.24, 2.45) is 5.73 Å². The number of ether oxygens (including phenoxy) is 1. The van der Waals surface area contributed by atoms with Crippen LogP contribution in [0, 0.1) is 11.3 Å². The number of allylic oxidation sites excluding steroid dienone is 1. The standard InChI is InChI=1S/C15H13ClN4O/c1-2-15(9-4-3-5-10(16)6-9)11(7-17)13(18)21-14-12(15)8-19-20-14/h3-6,8H,2,18H2,1H3,(H,19,20)/t15-/m0/s1. The Kier molecular flexibility index (Phi) is 3.11. The van der Waals surface area contributed by atoms with Crippen molar-refractivity contribution in [3.8, 4) is 11.9 Å². The lowest BCUT2D eigenvalue weighted by molar-refractivity contribution is 0.353. The number of nitrogens with one attached hydrogen (secondary N) is 1. The molecule has 2 heterocycles. The van der Waals surface area contributed by atoms with Crippen LogP contribution in [0.15, 0.2) is 41.9 Å². The Balaban J connectivity index is 2.36. The van der Waals surface area contributed by atoms with Gasteiger partial charge in [-0.3, -0.25) is 0 Å². The van der Waals surface area contributed by atoms with E-state index in [0.29, 0.717) is 22.9 Å². The number of benzene rings is 1. The summed E-state index contributed by atoms with van der Waals surface area (Å²) in [6.45, 7) is 1.99. The first-order chi connectivity index (χ1) is 10.1. The van der Waals surface area contributed by atoms with Crippen molar-refractivity contribution in [2.75, 3.05) is 0 Å². The lowest BCUT2D eigenvalue weighted by atomic mass is 9.67. The number of nitrogens with two attached hydrogens (primary N) is 1. The van der Waals surface area contributed by atoms with Crippen LogP contribution < -0.4 is 10.5 Å². The number of aromatic nitrogens is 2. The second kappa shape index (κ2) is 4.83. The minimum absolute atomic E-state index is 0.0936. The molecular formula is C15H13ClN4O. The quantitative estimate of drug-likeness (QED) is 0.892. The van der Waals surface area contributed by atoms with E-state index in [4.69, 9.17) is 22.1 Å². The van der Waals surface area contributed by atoms with Gasteiger partial charge >= 0.3 is 0 Å². The molecule has 0 aliphatic carbocycles. The third kappa shape index (κ3) is 1.80. The lowest BCUT2D eigenvalue weighted by Gasteiger charge is -2.36. The van der Waals surface area contributed by atoms with Crippen molar-refractivity contribution in [3.63, 3.8) is 0 Å². The first kappa shape index (κ1) is 13.5. The predicted molar refractivity (Wildman–Crippen MR) is 78.6 cm³/mol. The van der Waals surface area contributed by atoms with Gasteiger partial charge < -0.3 is 10.5 Å². The zero-order valence-corrected chi connectivity index (χ0v) is 12.1. The van der Waals surface area contributed by atoms with E-state index in [1.807, 2.05) is 25.1 Å². The van der Waals surface area contributed by atoms with Crippen LogP contribution in [0.1, 0.15) is 24.5 Å². The van der Waals surface area contributed by atoms with Gasteiger partial charge in [-0.15, -0.1) is 0 Å². The van der Waals surface area contributed by atoms with Crippen molar-refractivity contribution in [2.45, 2.75) is 18.8 Å². The Bertz CT molecular complexity index is 774. The summed E-state index contributed by atoms with van der Waals surface area (Å²) in [7, 11) is 0. The Morgan fingerprint density at radius 2 is 2.33 bits per heavy atom. The number of H-pyrrole nitrogens is 1. The van der Waals surface area contributed by atoms with E-state index in [1.54, 1.807) is 12.3 Å². The molecule has 0 amide bonds. The zero-order valence-electron chi connectivity index (χ0n) is 11.4. The van der Waals surface area contributed by atoms with E-state index in [9.17, 15) is 5.26 Å². The number of aromatic amines is 1. The van der Waals surface area contributed by atoms with Gasteiger partial charge in [0.1, 0.15) is 11.6 Å². The van der Waals surface area contributed by atoms with Gasteiger partial charge in [0.25, 0.3) is 0 Å². The van der Waals surface area contributed by atoms with E-state index in [2.05, 4.69) is 16.3 Å². The van der Waals surface area contributed by atoms with Crippen LogP contribution in [0.4, 0.5) is 0 Å². The maximum absolute atomic E-state index is 9.59. The smallest absolute Gasteiger partial charge is 0.221 e. The molecule has 0 bridgehead atoms. The maximum Gasteiger partial charge on any atom is 0.221 e. The van der Waals surface area contributed by atoms with Crippen LogP contribution in [0.3, 0.4) is 0 Å².